The van der Waals surface area contributed by atoms with Crippen LogP contribution in [0.2, 0.25) is 0 Å². The third-order valence-corrected chi connectivity index (χ3v) is 5.70. The molecule has 1 saturated heterocycles. The number of carbonyl (C=O) groups is 2. The van der Waals surface area contributed by atoms with Gasteiger partial charge in [0.15, 0.2) is 0 Å². The lowest BCUT2D eigenvalue weighted by atomic mass is 9.99. The van der Waals surface area contributed by atoms with E-state index >= 15 is 0 Å². The molecule has 1 amide bonds. The summed E-state index contributed by atoms with van der Waals surface area (Å²) in [5.41, 5.74) is 2.10. The van der Waals surface area contributed by atoms with E-state index in [9.17, 15) is 14.7 Å². The van der Waals surface area contributed by atoms with Gasteiger partial charge in [0.1, 0.15) is 29.1 Å². The first-order valence-electron chi connectivity index (χ1n) is 11.1. The van der Waals surface area contributed by atoms with Crippen molar-refractivity contribution < 1.29 is 23.8 Å². The Hall–Kier alpha value is -3.80. The molecular formula is C27H27NO5. The van der Waals surface area contributed by atoms with Crippen LogP contribution >= 0.6 is 0 Å². The zero-order valence-corrected chi connectivity index (χ0v) is 19.0. The maximum atomic E-state index is 13.2. The molecule has 0 radical (unpaired) electrons. The van der Waals surface area contributed by atoms with Crippen molar-refractivity contribution in [1.29, 1.82) is 0 Å². The van der Waals surface area contributed by atoms with E-state index in [0.717, 1.165) is 18.4 Å². The number of ketones is 1. The molecule has 1 aliphatic heterocycles. The Morgan fingerprint density at radius 2 is 1.70 bits per heavy atom. The average molecular weight is 446 g/mol. The molecule has 1 unspecified atom stereocenters. The largest absolute Gasteiger partial charge is 0.507 e. The third kappa shape index (κ3) is 4.29. The number of hydrogen-bond donors (Lipinski definition) is 1. The summed E-state index contributed by atoms with van der Waals surface area (Å²) in [6, 6.07) is 16.9. The van der Waals surface area contributed by atoms with Crippen LogP contribution in [-0.4, -0.2) is 23.4 Å². The predicted molar refractivity (Wildman–Crippen MR) is 126 cm³/mol. The SMILES string of the molecule is CCCOc1ccc(/C(O)=C2/C(=O)C(=O)N(c3ccc(CC)cc3)C2c2ccc(C)o2)cc1. The fraction of sp³-hybridized carbons (Fsp3) is 0.259. The van der Waals surface area contributed by atoms with Gasteiger partial charge in [-0.05, 0) is 73.9 Å². The summed E-state index contributed by atoms with van der Waals surface area (Å²) in [6.07, 6.45) is 1.74. The molecule has 33 heavy (non-hydrogen) atoms. The smallest absolute Gasteiger partial charge is 0.300 e. The van der Waals surface area contributed by atoms with Crippen LogP contribution in [-0.2, 0) is 16.0 Å². The molecule has 0 spiro atoms. The molecule has 1 aromatic heterocycles. The van der Waals surface area contributed by atoms with E-state index in [0.29, 0.717) is 35.1 Å². The molecule has 2 aromatic carbocycles. The Morgan fingerprint density at radius 1 is 1.00 bits per heavy atom. The fourth-order valence-electron chi connectivity index (χ4n) is 3.95. The van der Waals surface area contributed by atoms with Crippen molar-refractivity contribution in [1.82, 2.24) is 0 Å². The van der Waals surface area contributed by atoms with E-state index in [-0.39, 0.29) is 11.3 Å². The molecule has 6 heteroatoms. The molecule has 0 aliphatic carbocycles. The fourth-order valence-corrected chi connectivity index (χ4v) is 3.95. The minimum Gasteiger partial charge on any atom is -0.507 e. The number of anilines is 1. The normalized spacial score (nSPS) is 17.5. The molecule has 1 N–H and O–H groups in total. The number of amides is 1. The minimum atomic E-state index is -0.873. The zero-order valence-electron chi connectivity index (χ0n) is 19.0. The second-order valence-corrected chi connectivity index (χ2v) is 8.01. The van der Waals surface area contributed by atoms with Crippen molar-refractivity contribution in [3.8, 4) is 5.75 Å². The zero-order chi connectivity index (χ0) is 23.5. The van der Waals surface area contributed by atoms with Crippen LogP contribution < -0.4 is 9.64 Å². The van der Waals surface area contributed by atoms with E-state index in [1.54, 1.807) is 43.3 Å². The van der Waals surface area contributed by atoms with Crippen molar-refractivity contribution in [2.45, 2.75) is 39.7 Å². The van der Waals surface area contributed by atoms with Gasteiger partial charge in [-0.2, -0.15) is 0 Å². The maximum Gasteiger partial charge on any atom is 0.300 e. The number of ether oxygens (including phenoxy) is 1. The number of nitrogens with zero attached hydrogens (tertiary/aromatic N) is 1. The van der Waals surface area contributed by atoms with Crippen molar-refractivity contribution >= 4 is 23.1 Å². The molecule has 3 aromatic rings. The number of furan rings is 1. The molecule has 1 aliphatic rings. The quantitative estimate of drug-likeness (QED) is 0.292. The molecule has 2 heterocycles. The van der Waals surface area contributed by atoms with Crippen molar-refractivity contribution in [3.05, 3.63) is 88.9 Å². The molecular weight excluding hydrogens is 418 g/mol. The van der Waals surface area contributed by atoms with Gasteiger partial charge in [-0.3, -0.25) is 14.5 Å². The van der Waals surface area contributed by atoms with Gasteiger partial charge in [-0.15, -0.1) is 0 Å². The highest BCUT2D eigenvalue weighted by molar-refractivity contribution is 6.51. The number of aryl methyl sites for hydroxylation is 2. The summed E-state index contributed by atoms with van der Waals surface area (Å²) in [5.74, 6) is 0.0236. The first kappa shape index (κ1) is 22.4. The van der Waals surface area contributed by atoms with Gasteiger partial charge in [-0.25, -0.2) is 0 Å². The monoisotopic (exact) mass is 445 g/mol. The highest BCUT2D eigenvalue weighted by Gasteiger charge is 2.48. The van der Waals surface area contributed by atoms with E-state index < -0.39 is 17.7 Å². The Labute approximate surface area is 193 Å². The Morgan fingerprint density at radius 3 is 2.27 bits per heavy atom. The molecule has 1 atom stereocenters. The summed E-state index contributed by atoms with van der Waals surface area (Å²) >= 11 is 0. The van der Waals surface area contributed by atoms with Gasteiger partial charge in [0.05, 0.1) is 12.2 Å². The number of benzene rings is 2. The Balaban J connectivity index is 1.81. The standard InChI is InChI=1S/C27H27NO5/c1-4-16-32-21-13-9-19(10-14-21)25(29)23-24(22-15-6-17(3)33-22)28(27(31)26(23)30)20-11-7-18(5-2)8-12-20/h6-15,24,29H,4-5,16H2,1-3H3/b25-23-. The van der Waals surface area contributed by atoms with E-state index in [4.69, 9.17) is 9.15 Å². The van der Waals surface area contributed by atoms with Crippen LogP contribution in [0.1, 0.15) is 49.0 Å². The number of aliphatic hydroxyl groups is 1. The van der Waals surface area contributed by atoms with Crippen LogP contribution in [0.3, 0.4) is 0 Å². The van der Waals surface area contributed by atoms with Gasteiger partial charge in [-0.1, -0.05) is 26.0 Å². The van der Waals surface area contributed by atoms with Crippen LogP contribution in [0.15, 0.2) is 70.7 Å². The summed E-state index contributed by atoms with van der Waals surface area (Å²) < 4.78 is 11.4. The van der Waals surface area contributed by atoms with Crippen molar-refractivity contribution in [3.63, 3.8) is 0 Å². The summed E-state index contributed by atoms with van der Waals surface area (Å²) in [4.78, 5) is 27.7. The second kappa shape index (κ2) is 9.36. The molecule has 0 saturated carbocycles. The number of Topliss-reactive ketones (excluding diaryl/α,β-unsaturated/α-hetero) is 1. The number of carbonyl (C=O) groups excluding carboxylic acids is 2. The second-order valence-electron chi connectivity index (χ2n) is 8.01. The molecule has 170 valence electrons. The average Bonchev–Trinajstić information content (AvgIpc) is 3.38. The molecule has 1 fully saturated rings. The van der Waals surface area contributed by atoms with E-state index in [1.807, 2.05) is 38.1 Å². The summed E-state index contributed by atoms with van der Waals surface area (Å²) in [7, 11) is 0. The predicted octanol–water partition coefficient (Wildman–Crippen LogP) is 5.57. The number of hydrogen-bond acceptors (Lipinski definition) is 5. The third-order valence-electron chi connectivity index (χ3n) is 5.70. The lowest BCUT2D eigenvalue weighted by Gasteiger charge is -2.23. The van der Waals surface area contributed by atoms with Gasteiger partial charge in [0.25, 0.3) is 11.7 Å². The first-order chi connectivity index (χ1) is 15.9. The van der Waals surface area contributed by atoms with Gasteiger partial charge >= 0.3 is 0 Å². The van der Waals surface area contributed by atoms with E-state index in [1.165, 1.54) is 4.90 Å². The summed E-state index contributed by atoms with van der Waals surface area (Å²) in [5, 5.41) is 11.2. The Bertz CT molecular complexity index is 1190. The molecule has 4 rings (SSSR count). The molecule has 6 nitrogen and oxygen atoms in total. The van der Waals surface area contributed by atoms with E-state index in [2.05, 4.69) is 0 Å². The van der Waals surface area contributed by atoms with Gasteiger partial charge < -0.3 is 14.3 Å². The highest BCUT2D eigenvalue weighted by atomic mass is 16.5. The molecule has 0 bridgehead atoms. The maximum absolute atomic E-state index is 13.2. The van der Waals surface area contributed by atoms with Gasteiger partial charge in [0.2, 0.25) is 0 Å². The van der Waals surface area contributed by atoms with Crippen LogP contribution in [0, 0.1) is 6.92 Å². The topological polar surface area (TPSA) is 80.0 Å². The minimum absolute atomic E-state index is 0.00357. The lowest BCUT2D eigenvalue weighted by molar-refractivity contribution is -0.132. The first-order valence-corrected chi connectivity index (χ1v) is 11.1. The van der Waals surface area contributed by atoms with Gasteiger partial charge in [0, 0.05) is 11.3 Å². The van der Waals surface area contributed by atoms with Crippen LogP contribution in [0.25, 0.3) is 5.76 Å². The van der Waals surface area contributed by atoms with Crippen LogP contribution in [0.5, 0.6) is 5.75 Å². The lowest BCUT2D eigenvalue weighted by Crippen LogP contribution is -2.29. The number of rotatable bonds is 7. The van der Waals surface area contributed by atoms with Crippen molar-refractivity contribution in [2.75, 3.05) is 11.5 Å². The van der Waals surface area contributed by atoms with Crippen molar-refractivity contribution in [2.24, 2.45) is 0 Å². The Kier molecular flexibility index (Phi) is 6.36. The van der Waals surface area contributed by atoms with Crippen LogP contribution in [0.4, 0.5) is 5.69 Å². The highest BCUT2D eigenvalue weighted by Crippen LogP contribution is 2.42. The number of aliphatic hydroxyl groups excluding tert-OH is 1. The summed E-state index contributed by atoms with van der Waals surface area (Å²) in [6.45, 7) is 6.45.